The van der Waals surface area contributed by atoms with Crippen LogP contribution in [0.15, 0.2) is 60.7 Å². The van der Waals surface area contributed by atoms with E-state index in [-0.39, 0.29) is 0 Å². The SMILES string of the molecule is C[C]1[CH][P][C](c2ccccc2)[C]1C.C[C]1[CH][P][C](c2ccccc2)[C]1C.[Cl][Zr+2][Cl]. The van der Waals surface area contributed by atoms with E-state index in [0.717, 1.165) is 0 Å². The molecule has 2 aliphatic heterocycles. The number of rotatable bonds is 2. The summed E-state index contributed by atoms with van der Waals surface area (Å²) in [5.41, 5.74) is 5.63. The Balaban J connectivity index is 0.000000183. The third-order valence-electron chi connectivity index (χ3n) is 4.76. The second kappa shape index (κ2) is 14.0. The van der Waals surface area contributed by atoms with Crippen molar-refractivity contribution in [2.24, 2.45) is 0 Å². The molecule has 2 aromatic rings. The van der Waals surface area contributed by atoms with Crippen LogP contribution in [0.2, 0.25) is 0 Å². The van der Waals surface area contributed by atoms with E-state index in [1.165, 1.54) is 63.3 Å². The van der Waals surface area contributed by atoms with Gasteiger partial charge < -0.3 is 0 Å². The second-order valence-corrected chi connectivity index (χ2v) is 12.3. The summed E-state index contributed by atoms with van der Waals surface area (Å²) in [7, 11) is 12.6. The van der Waals surface area contributed by atoms with Gasteiger partial charge in [0.15, 0.2) is 0 Å². The molecule has 0 unspecified atom stereocenters. The first-order chi connectivity index (χ1) is 14.0. The first kappa shape index (κ1) is 26.0. The maximum atomic E-state index is 4.93. The molecule has 2 aliphatic rings. The predicted octanol–water partition coefficient (Wildman–Crippen LogP) is 9.13. The Morgan fingerprint density at radius 2 is 0.897 bits per heavy atom. The van der Waals surface area contributed by atoms with E-state index in [1.807, 2.05) is 0 Å². The summed E-state index contributed by atoms with van der Waals surface area (Å²) in [6.45, 7) is 8.76. The van der Waals surface area contributed by atoms with Gasteiger partial charge in [-0.05, 0) is 47.1 Å². The third kappa shape index (κ3) is 7.99. The van der Waals surface area contributed by atoms with E-state index in [1.54, 1.807) is 0 Å². The van der Waals surface area contributed by atoms with Gasteiger partial charge >= 0.3 is 37.9 Å². The van der Waals surface area contributed by atoms with Gasteiger partial charge in [-0.1, -0.05) is 106 Å². The summed E-state index contributed by atoms with van der Waals surface area (Å²) < 4.78 is 0. The molecule has 2 fully saturated rings. The molecule has 0 amide bonds. The molecule has 0 bridgehead atoms. The van der Waals surface area contributed by atoms with Gasteiger partial charge in [-0.15, -0.1) is 0 Å². The van der Waals surface area contributed by atoms with Crippen molar-refractivity contribution in [3.05, 3.63) is 119 Å². The summed E-state index contributed by atoms with van der Waals surface area (Å²) in [5.74, 6) is 5.71. The zero-order chi connectivity index (χ0) is 21.2. The van der Waals surface area contributed by atoms with Crippen molar-refractivity contribution in [1.29, 1.82) is 0 Å². The number of halogens is 2. The van der Waals surface area contributed by atoms with E-state index < -0.39 is 20.8 Å². The fourth-order valence-electron chi connectivity index (χ4n) is 2.86. The van der Waals surface area contributed by atoms with E-state index in [2.05, 4.69) is 101 Å². The van der Waals surface area contributed by atoms with Crippen molar-refractivity contribution in [3.8, 4) is 0 Å². The van der Waals surface area contributed by atoms with Crippen LogP contribution in [-0.2, 0) is 20.8 Å². The molecular formula is C24H24Cl2P2Zr+2. The molecule has 5 heteroatoms. The van der Waals surface area contributed by atoms with E-state index in [9.17, 15) is 0 Å². The van der Waals surface area contributed by atoms with Gasteiger partial charge in [-0.3, -0.25) is 0 Å². The summed E-state index contributed by atoms with van der Waals surface area (Å²) in [5, 5.41) is 0. The van der Waals surface area contributed by atoms with E-state index in [4.69, 9.17) is 17.0 Å². The number of benzene rings is 2. The quantitative estimate of drug-likeness (QED) is 0.336. The molecule has 0 aliphatic carbocycles. The Labute approximate surface area is 200 Å². The van der Waals surface area contributed by atoms with Gasteiger partial charge in [0.1, 0.15) is 0 Å². The molecule has 0 atom stereocenters. The average molecular weight is 537 g/mol. The molecule has 0 N–H and O–H groups in total. The van der Waals surface area contributed by atoms with Crippen LogP contribution < -0.4 is 0 Å². The Kier molecular flexibility index (Phi) is 12.6. The summed E-state index contributed by atoms with van der Waals surface area (Å²) in [6, 6.07) is 21.2. The van der Waals surface area contributed by atoms with Gasteiger partial charge in [0.2, 0.25) is 0 Å². The van der Waals surface area contributed by atoms with E-state index >= 15 is 0 Å². The topological polar surface area (TPSA) is 0 Å². The monoisotopic (exact) mass is 534 g/mol. The van der Waals surface area contributed by atoms with Crippen molar-refractivity contribution in [2.45, 2.75) is 27.7 Å². The Morgan fingerprint density at radius 1 is 0.586 bits per heavy atom. The Hall–Kier alpha value is 0.763. The summed E-state index contributed by atoms with van der Waals surface area (Å²) in [6.07, 6.45) is 4.55. The van der Waals surface area contributed by atoms with Gasteiger partial charge in [0, 0.05) is 11.3 Å². The van der Waals surface area contributed by atoms with Gasteiger partial charge in [0.25, 0.3) is 0 Å². The normalized spacial score (nSPS) is 20.9. The zero-order valence-corrected chi connectivity index (χ0v) is 22.8. The average Bonchev–Trinajstić information content (AvgIpc) is 3.26. The predicted molar refractivity (Wildman–Crippen MR) is 127 cm³/mol. The molecule has 2 heterocycles. The van der Waals surface area contributed by atoms with Crippen LogP contribution in [0, 0.1) is 47.3 Å². The maximum absolute atomic E-state index is 4.93. The first-order valence-electron chi connectivity index (χ1n) is 9.24. The molecular weight excluding hydrogens is 512 g/mol. The standard InChI is InChI=1S/2C12H12P.2ClH.Zr/c2*1-9-8-13-12(10(9)2)11-6-4-3-5-7-11;;;/h2*3-8H,1-2H3;2*1H;/q;;;;+4/p-2. The Bertz CT molecular complexity index is 626. The first-order valence-corrected chi connectivity index (χ1v) is 17.5. The van der Waals surface area contributed by atoms with Crippen LogP contribution in [0.3, 0.4) is 0 Å². The van der Waals surface area contributed by atoms with Crippen molar-refractivity contribution in [2.75, 3.05) is 0 Å². The second-order valence-electron chi connectivity index (χ2n) is 6.63. The van der Waals surface area contributed by atoms with Crippen LogP contribution in [0.4, 0.5) is 0 Å². The van der Waals surface area contributed by atoms with Gasteiger partial charge in [0.05, 0.1) is 0 Å². The van der Waals surface area contributed by atoms with Crippen molar-refractivity contribution in [3.63, 3.8) is 0 Å². The van der Waals surface area contributed by atoms with Crippen LogP contribution in [-0.4, -0.2) is 0 Å². The molecule has 10 radical (unpaired) electrons. The fourth-order valence-corrected chi connectivity index (χ4v) is 5.23. The summed E-state index contributed by atoms with van der Waals surface area (Å²) >= 11 is -0.826. The zero-order valence-electron chi connectivity index (χ0n) is 17.1. The van der Waals surface area contributed by atoms with Crippen LogP contribution in [0.1, 0.15) is 38.8 Å². The molecule has 0 spiro atoms. The minimum atomic E-state index is -0.826. The molecule has 29 heavy (non-hydrogen) atoms. The van der Waals surface area contributed by atoms with Crippen molar-refractivity contribution >= 4 is 34.2 Å². The number of hydrogen-bond donors (Lipinski definition) is 0. The summed E-state index contributed by atoms with van der Waals surface area (Å²) in [4.78, 5) is 0. The Morgan fingerprint density at radius 3 is 1.14 bits per heavy atom. The van der Waals surface area contributed by atoms with Crippen molar-refractivity contribution in [1.82, 2.24) is 0 Å². The molecule has 146 valence electrons. The fraction of sp³-hybridized carbons (Fsp3) is 0.167. The minimum absolute atomic E-state index is 0.826. The number of hydrogen-bond acceptors (Lipinski definition) is 0. The molecule has 0 nitrogen and oxygen atoms in total. The molecule has 4 rings (SSSR count). The van der Waals surface area contributed by atoms with Crippen molar-refractivity contribution < 1.29 is 20.8 Å². The third-order valence-corrected chi connectivity index (χ3v) is 7.50. The molecule has 0 aromatic heterocycles. The molecule has 0 saturated carbocycles. The van der Waals surface area contributed by atoms with Crippen LogP contribution in [0.5, 0.6) is 0 Å². The molecule has 2 aromatic carbocycles. The molecule has 2 saturated heterocycles. The van der Waals surface area contributed by atoms with E-state index in [0.29, 0.717) is 0 Å². The van der Waals surface area contributed by atoms with Crippen LogP contribution >= 0.6 is 34.2 Å². The van der Waals surface area contributed by atoms with Crippen LogP contribution in [0.25, 0.3) is 0 Å². The van der Waals surface area contributed by atoms with Gasteiger partial charge in [-0.2, -0.15) is 0 Å². The van der Waals surface area contributed by atoms with Gasteiger partial charge in [-0.25, -0.2) is 0 Å².